The number of hydrogen-bond acceptors (Lipinski definition) is 6. The summed E-state index contributed by atoms with van der Waals surface area (Å²) < 4.78 is 0. The third kappa shape index (κ3) is 4.88. The number of aromatic nitrogens is 5. The van der Waals surface area contributed by atoms with Gasteiger partial charge in [0, 0.05) is 25.5 Å². The average Bonchev–Trinajstić information content (AvgIpc) is 3.40. The molecule has 4 rings (SSSR count). The summed E-state index contributed by atoms with van der Waals surface area (Å²) in [7, 11) is 1.86. The molecule has 1 fully saturated rings. The molecule has 1 amide bonds. The van der Waals surface area contributed by atoms with E-state index in [-0.39, 0.29) is 18.5 Å². The molecule has 2 N–H and O–H groups in total. The first-order valence-electron chi connectivity index (χ1n) is 10.2. The molecule has 3 aromatic heterocycles. The van der Waals surface area contributed by atoms with Gasteiger partial charge >= 0.3 is 0 Å². The van der Waals surface area contributed by atoms with Crippen LogP contribution < -0.4 is 10.2 Å². The molecule has 1 aliphatic rings. The summed E-state index contributed by atoms with van der Waals surface area (Å²) >= 11 is 0. The molecule has 8 heteroatoms. The molecule has 0 saturated heterocycles. The van der Waals surface area contributed by atoms with Gasteiger partial charge in [0.05, 0.1) is 12.9 Å². The molecule has 0 radical (unpaired) electrons. The van der Waals surface area contributed by atoms with Crippen LogP contribution in [0.5, 0.6) is 0 Å². The second-order valence-corrected chi connectivity index (χ2v) is 7.86. The number of rotatable bonds is 8. The number of aromatic amines is 1. The predicted octanol–water partition coefficient (Wildman–Crippen LogP) is 2.49. The van der Waals surface area contributed by atoms with E-state index in [2.05, 4.69) is 30.2 Å². The van der Waals surface area contributed by atoms with Crippen LogP contribution in [0.2, 0.25) is 0 Å². The van der Waals surface area contributed by atoms with Gasteiger partial charge in [0.1, 0.15) is 11.8 Å². The molecule has 0 spiro atoms. The summed E-state index contributed by atoms with van der Waals surface area (Å²) in [6.07, 6.45) is 13.7. The normalized spacial score (nSPS) is 15.5. The Hall–Kier alpha value is -3.03. The van der Waals surface area contributed by atoms with Crippen LogP contribution in [0.3, 0.4) is 0 Å². The minimum absolute atomic E-state index is 0.00386. The number of amides is 1. The molecule has 152 valence electrons. The summed E-state index contributed by atoms with van der Waals surface area (Å²) in [5, 5.41) is 3.26. The van der Waals surface area contributed by atoms with Crippen LogP contribution in [0.25, 0.3) is 11.2 Å². The van der Waals surface area contributed by atoms with Gasteiger partial charge in [0.25, 0.3) is 0 Å². The smallest absolute Gasteiger partial charge is 0.239 e. The minimum atomic E-state index is -0.00386. The van der Waals surface area contributed by atoms with Crippen LogP contribution in [0.1, 0.15) is 37.7 Å². The molecule has 1 saturated carbocycles. The zero-order valence-corrected chi connectivity index (χ0v) is 16.7. The fourth-order valence-corrected chi connectivity index (χ4v) is 4.25. The molecule has 1 aliphatic carbocycles. The first kappa shape index (κ1) is 19.3. The van der Waals surface area contributed by atoms with Crippen molar-refractivity contribution in [3.63, 3.8) is 0 Å². The minimum Gasteiger partial charge on any atom is -0.351 e. The van der Waals surface area contributed by atoms with Gasteiger partial charge in [-0.2, -0.15) is 0 Å². The lowest BCUT2D eigenvalue weighted by atomic mass is 9.94. The highest BCUT2D eigenvalue weighted by Gasteiger charge is 2.23. The summed E-state index contributed by atoms with van der Waals surface area (Å²) in [6, 6.07) is 4.17. The van der Waals surface area contributed by atoms with E-state index < -0.39 is 0 Å². The number of pyridine rings is 1. The van der Waals surface area contributed by atoms with E-state index in [0.29, 0.717) is 17.4 Å². The fraction of sp³-hybridized carbons (Fsp3) is 0.476. The third-order valence-electron chi connectivity index (χ3n) is 5.63. The lowest BCUT2D eigenvalue weighted by Gasteiger charge is -2.24. The van der Waals surface area contributed by atoms with Crippen molar-refractivity contribution < 1.29 is 4.79 Å². The Bertz CT molecular complexity index is 936. The second kappa shape index (κ2) is 8.98. The van der Waals surface area contributed by atoms with Gasteiger partial charge in [-0.1, -0.05) is 25.7 Å². The van der Waals surface area contributed by atoms with Gasteiger partial charge in [-0.25, -0.2) is 15.0 Å². The standard InChI is InChI=1S/C21H27N7O/c1-28(21-19-20(24-13-23-19)25-14-26-21)12-18(29)27-17(10-15-4-2-3-5-15)11-16-6-8-22-9-7-16/h6-9,13-15,17H,2-5,10-12H2,1H3,(H,27,29)(H,23,24,25,26). The molecule has 0 aromatic carbocycles. The van der Waals surface area contributed by atoms with Crippen LogP contribution in [0.4, 0.5) is 5.82 Å². The number of carbonyl (C=O) groups is 1. The number of nitrogens with zero attached hydrogens (tertiary/aromatic N) is 5. The summed E-state index contributed by atoms with van der Waals surface area (Å²) in [5.41, 5.74) is 2.53. The van der Waals surface area contributed by atoms with E-state index in [4.69, 9.17) is 0 Å². The van der Waals surface area contributed by atoms with Crippen molar-refractivity contribution in [2.24, 2.45) is 5.92 Å². The lowest BCUT2D eigenvalue weighted by molar-refractivity contribution is -0.120. The van der Waals surface area contributed by atoms with E-state index in [1.54, 1.807) is 6.33 Å². The van der Waals surface area contributed by atoms with Gasteiger partial charge in [-0.15, -0.1) is 0 Å². The maximum Gasteiger partial charge on any atom is 0.239 e. The number of H-pyrrole nitrogens is 1. The van der Waals surface area contributed by atoms with Crippen LogP contribution in [-0.2, 0) is 11.2 Å². The van der Waals surface area contributed by atoms with Crippen molar-refractivity contribution in [2.45, 2.75) is 44.6 Å². The largest absolute Gasteiger partial charge is 0.351 e. The van der Waals surface area contributed by atoms with Crippen molar-refractivity contribution in [1.29, 1.82) is 0 Å². The Balaban J connectivity index is 1.41. The molecule has 1 unspecified atom stereocenters. The number of anilines is 1. The quantitative estimate of drug-likeness (QED) is 0.610. The third-order valence-corrected chi connectivity index (χ3v) is 5.63. The Kier molecular flexibility index (Phi) is 5.97. The van der Waals surface area contributed by atoms with Crippen molar-refractivity contribution in [3.8, 4) is 0 Å². The number of fused-ring (bicyclic) bond motifs is 1. The zero-order chi connectivity index (χ0) is 20.1. The molecule has 3 aromatic rings. The molecule has 0 aliphatic heterocycles. The van der Waals surface area contributed by atoms with Gasteiger partial charge in [0.2, 0.25) is 5.91 Å². The summed E-state index contributed by atoms with van der Waals surface area (Å²) in [5.74, 6) is 1.37. The Morgan fingerprint density at radius 3 is 2.83 bits per heavy atom. The maximum absolute atomic E-state index is 12.8. The first-order chi connectivity index (χ1) is 14.2. The average molecular weight is 393 g/mol. The summed E-state index contributed by atoms with van der Waals surface area (Å²) in [4.78, 5) is 34.4. The van der Waals surface area contributed by atoms with Crippen molar-refractivity contribution in [3.05, 3.63) is 42.7 Å². The molecule has 29 heavy (non-hydrogen) atoms. The molecule has 8 nitrogen and oxygen atoms in total. The Morgan fingerprint density at radius 2 is 2.03 bits per heavy atom. The molecule has 1 atom stereocenters. The van der Waals surface area contributed by atoms with E-state index in [1.807, 2.05) is 36.5 Å². The number of nitrogens with one attached hydrogen (secondary N) is 2. The van der Waals surface area contributed by atoms with Crippen LogP contribution >= 0.6 is 0 Å². The Morgan fingerprint density at radius 1 is 1.24 bits per heavy atom. The molecular weight excluding hydrogens is 366 g/mol. The van der Waals surface area contributed by atoms with Crippen molar-refractivity contribution in [1.82, 2.24) is 30.2 Å². The maximum atomic E-state index is 12.8. The van der Waals surface area contributed by atoms with Gasteiger partial charge in [-0.3, -0.25) is 9.78 Å². The van der Waals surface area contributed by atoms with Crippen LogP contribution in [-0.4, -0.2) is 50.5 Å². The zero-order valence-electron chi connectivity index (χ0n) is 16.7. The molecule has 0 bridgehead atoms. The van der Waals surface area contributed by atoms with E-state index in [1.165, 1.54) is 37.6 Å². The SMILES string of the molecule is CN(CC(=O)NC(Cc1ccncc1)CC1CCCC1)c1ncnc2nc[nH]c12. The van der Waals surface area contributed by atoms with Gasteiger partial charge in [-0.05, 0) is 36.5 Å². The monoisotopic (exact) mass is 393 g/mol. The van der Waals surface area contributed by atoms with Crippen LogP contribution in [0, 0.1) is 5.92 Å². The summed E-state index contributed by atoms with van der Waals surface area (Å²) in [6.45, 7) is 0.225. The first-order valence-corrected chi connectivity index (χ1v) is 10.2. The lowest BCUT2D eigenvalue weighted by Crippen LogP contribution is -2.43. The fourth-order valence-electron chi connectivity index (χ4n) is 4.25. The van der Waals surface area contributed by atoms with Gasteiger partial charge < -0.3 is 15.2 Å². The number of likely N-dealkylation sites (N-methyl/N-ethyl adjacent to an activating group) is 1. The predicted molar refractivity (Wildman–Crippen MR) is 111 cm³/mol. The van der Waals surface area contributed by atoms with E-state index in [9.17, 15) is 4.79 Å². The van der Waals surface area contributed by atoms with Crippen molar-refractivity contribution in [2.75, 3.05) is 18.5 Å². The topological polar surface area (TPSA) is 99.7 Å². The highest BCUT2D eigenvalue weighted by atomic mass is 16.2. The van der Waals surface area contributed by atoms with Crippen molar-refractivity contribution >= 4 is 22.9 Å². The highest BCUT2D eigenvalue weighted by molar-refractivity contribution is 5.87. The van der Waals surface area contributed by atoms with E-state index in [0.717, 1.165) is 18.4 Å². The number of carbonyl (C=O) groups excluding carboxylic acids is 1. The Labute approximate surface area is 170 Å². The van der Waals surface area contributed by atoms with Gasteiger partial charge in [0.15, 0.2) is 11.5 Å². The molecular formula is C21H27N7O. The number of imidazole rings is 1. The van der Waals surface area contributed by atoms with Crippen LogP contribution in [0.15, 0.2) is 37.2 Å². The highest BCUT2D eigenvalue weighted by Crippen LogP contribution is 2.29. The molecule has 3 heterocycles. The number of hydrogen-bond donors (Lipinski definition) is 2. The van der Waals surface area contributed by atoms with E-state index >= 15 is 0 Å². The second-order valence-electron chi connectivity index (χ2n) is 7.86.